The molecule has 0 heterocycles. The number of carbonyl (C=O) groups is 2. The van der Waals surface area contributed by atoms with Crippen LogP contribution in [0.4, 0.5) is 4.39 Å². The van der Waals surface area contributed by atoms with Gasteiger partial charge in [-0.3, -0.25) is 9.59 Å². The largest absolute Gasteiger partial charge is 0.383 e. The molecule has 0 rings (SSSR count). The first-order valence-corrected chi connectivity index (χ1v) is 1.41. The number of rotatable bonds is 1. The Morgan fingerprint density at radius 2 is 1.57 bits per heavy atom. The van der Waals surface area contributed by atoms with Crippen molar-refractivity contribution in [2.24, 2.45) is 0 Å². The van der Waals surface area contributed by atoms with Gasteiger partial charge < -0.3 is 0 Å². The molecule has 35 valence electrons. The maximum absolute atomic E-state index is 10.7. The minimum Gasteiger partial charge on any atom is -0.269 e. The summed E-state index contributed by atoms with van der Waals surface area (Å²) in [5, 5.41) is -1.57. The third-order valence-corrected chi connectivity index (χ3v) is 0.303. The molecule has 0 bridgehead atoms. The van der Waals surface area contributed by atoms with Gasteiger partial charge >= 0.3 is 11.3 Å². The van der Waals surface area contributed by atoms with Crippen molar-refractivity contribution in [1.82, 2.24) is 0 Å². The number of hydrogen-bond acceptors (Lipinski definition) is 2. The van der Waals surface area contributed by atoms with Gasteiger partial charge in [0, 0.05) is 18.9 Å². The Hall–Kier alpha value is 0.157. The van der Waals surface area contributed by atoms with Gasteiger partial charge in [0.1, 0.15) is 0 Å². The summed E-state index contributed by atoms with van der Waals surface area (Å²) in [5.74, 6) is 0. The van der Waals surface area contributed by atoms with Crippen molar-refractivity contribution in [3.05, 3.63) is 0 Å². The van der Waals surface area contributed by atoms with E-state index in [9.17, 15) is 9.18 Å². The molecule has 0 atom stereocenters. The average molecular weight is 117 g/mol. The summed E-state index contributed by atoms with van der Waals surface area (Å²) in [6.07, 6.45) is 0. The first kappa shape index (κ1) is 10.2. The van der Waals surface area contributed by atoms with Crippen molar-refractivity contribution in [3.8, 4) is 0 Å². The quantitative estimate of drug-likeness (QED) is 0.272. The first-order chi connectivity index (χ1) is 2.64. The molecule has 0 unspecified atom stereocenters. The predicted molar refractivity (Wildman–Crippen MR) is 22.7 cm³/mol. The van der Waals surface area contributed by atoms with Gasteiger partial charge in [-0.1, -0.05) is 0 Å². The van der Waals surface area contributed by atoms with Gasteiger partial charge in [0.25, 0.3) is 0 Å². The van der Waals surface area contributed by atoms with Crippen LogP contribution >= 0.6 is 11.6 Å². The fraction of sp³-hybridized carbons (Fsp3) is 0. The fourth-order valence-electron chi connectivity index (χ4n) is 0. The first-order valence-electron chi connectivity index (χ1n) is 1.04. The zero-order valence-electron chi connectivity index (χ0n) is 3.57. The molecule has 7 heavy (non-hydrogen) atoms. The molecule has 0 amide bonds. The van der Waals surface area contributed by atoms with Crippen LogP contribution in [-0.2, 0) is 9.59 Å². The van der Waals surface area contributed by atoms with Crippen LogP contribution in [-0.4, -0.2) is 30.1 Å². The Morgan fingerprint density at radius 3 is 1.57 bits per heavy atom. The molecule has 0 saturated heterocycles. The van der Waals surface area contributed by atoms with E-state index >= 15 is 0 Å². The second-order valence-corrected chi connectivity index (χ2v) is 0.891. The van der Waals surface area contributed by atoms with Gasteiger partial charge in [0.2, 0.25) is 0 Å². The second-order valence-electron chi connectivity index (χ2n) is 0.547. The summed E-state index contributed by atoms with van der Waals surface area (Å²) in [6, 6.07) is -2.11. The minimum absolute atomic E-state index is 0. The Kier molecular flexibility index (Phi) is 6.30. The van der Waals surface area contributed by atoms with Gasteiger partial charge in [-0.25, -0.2) is 0 Å². The topological polar surface area (TPSA) is 34.1 Å². The molecular weight excluding hydrogens is 117 g/mol. The summed E-state index contributed by atoms with van der Waals surface area (Å²) in [7, 11) is 0. The average Bonchev–Trinajstić information content (AvgIpc) is 1.36. The summed E-state index contributed by atoms with van der Waals surface area (Å²) in [5.41, 5.74) is 0. The Labute approximate surface area is 56.2 Å². The van der Waals surface area contributed by atoms with Crippen LogP contribution in [0.3, 0.4) is 0 Å². The third kappa shape index (κ3) is 6.16. The molecule has 0 aromatic carbocycles. The van der Waals surface area contributed by atoms with E-state index in [1.807, 2.05) is 0 Å². The van der Waals surface area contributed by atoms with E-state index in [1.54, 1.807) is 0 Å². The van der Waals surface area contributed by atoms with Crippen molar-refractivity contribution in [2.75, 3.05) is 0 Å². The van der Waals surface area contributed by atoms with E-state index < -0.39 is 11.3 Å². The van der Waals surface area contributed by atoms with Crippen LogP contribution in [0.2, 0.25) is 0 Å². The molecule has 5 heteroatoms. The molecule has 0 aliphatic rings. The normalized spacial score (nSPS) is 6.57. The summed E-state index contributed by atoms with van der Waals surface area (Å²) < 4.78 is 10.7. The van der Waals surface area contributed by atoms with Crippen molar-refractivity contribution < 1.29 is 14.0 Å². The van der Waals surface area contributed by atoms with Gasteiger partial charge in [-0.05, 0) is 11.6 Å². The van der Waals surface area contributed by atoms with Crippen LogP contribution in [0, 0.1) is 0 Å². The summed E-state index contributed by atoms with van der Waals surface area (Å²) in [6.45, 7) is 0. The van der Waals surface area contributed by atoms with Crippen LogP contribution in [0.15, 0.2) is 0 Å². The minimum atomic E-state index is -2.11. The number of carbonyl (C=O) groups excluding carboxylic acids is 2. The van der Waals surface area contributed by atoms with E-state index in [4.69, 9.17) is 4.79 Å². The SMILES string of the molecule is O=C(F)C(=O)Cl.[Li]. The van der Waals surface area contributed by atoms with Crippen LogP contribution in [0.5, 0.6) is 0 Å². The molecule has 1 radical (unpaired) electrons. The number of halogens is 2. The molecule has 0 spiro atoms. The van der Waals surface area contributed by atoms with E-state index in [0.717, 1.165) is 0 Å². The Morgan fingerprint density at radius 1 is 1.43 bits per heavy atom. The summed E-state index contributed by atoms with van der Waals surface area (Å²) >= 11 is 4.25. The van der Waals surface area contributed by atoms with Crippen LogP contribution < -0.4 is 0 Å². The maximum Gasteiger partial charge on any atom is 0.383 e. The van der Waals surface area contributed by atoms with Crippen molar-refractivity contribution in [2.45, 2.75) is 0 Å². The second kappa shape index (κ2) is 4.32. The maximum atomic E-state index is 10.7. The van der Waals surface area contributed by atoms with Gasteiger partial charge in [0.15, 0.2) is 0 Å². The monoisotopic (exact) mass is 117 g/mol. The van der Waals surface area contributed by atoms with Crippen molar-refractivity contribution in [1.29, 1.82) is 0 Å². The van der Waals surface area contributed by atoms with E-state index in [1.165, 1.54) is 0 Å². The molecule has 0 N–H and O–H groups in total. The van der Waals surface area contributed by atoms with Gasteiger partial charge in [0.05, 0.1) is 0 Å². The Bertz CT molecular complexity index is 81.7. The standard InChI is InChI=1S/C2ClFO2.Li/c3-1(5)2(4)6;. The fourth-order valence-corrected chi connectivity index (χ4v) is 0. The van der Waals surface area contributed by atoms with Gasteiger partial charge in [-0.2, -0.15) is 4.39 Å². The molecule has 2 nitrogen and oxygen atoms in total. The smallest absolute Gasteiger partial charge is 0.269 e. The summed E-state index contributed by atoms with van der Waals surface area (Å²) in [4.78, 5) is 18.2. The third-order valence-electron chi connectivity index (χ3n) is 0.155. The predicted octanol–water partition coefficient (Wildman–Crippen LogP) is -0.133. The molecule has 0 aliphatic carbocycles. The van der Waals surface area contributed by atoms with Gasteiger partial charge in [-0.15, -0.1) is 0 Å². The zero-order valence-corrected chi connectivity index (χ0v) is 4.33. The molecule has 0 saturated carbocycles. The molecule has 0 fully saturated rings. The van der Waals surface area contributed by atoms with E-state index in [2.05, 4.69) is 11.6 Å². The molecule has 0 aromatic rings. The molecule has 0 aliphatic heterocycles. The molecule has 0 aromatic heterocycles. The van der Waals surface area contributed by atoms with E-state index in [-0.39, 0.29) is 18.9 Å². The van der Waals surface area contributed by atoms with E-state index in [0.29, 0.717) is 0 Å². The Balaban J connectivity index is 0. The van der Waals surface area contributed by atoms with Crippen LogP contribution in [0.1, 0.15) is 0 Å². The number of hydrogen-bond donors (Lipinski definition) is 0. The van der Waals surface area contributed by atoms with Crippen molar-refractivity contribution >= 4 is 41.7 Å². The molecular formula is C2ClFLiO2. The van der Waals surface area contributed by atoms with Crippen LogP contribution in [0.25, 0.3) is 0 Å². The van der Waals surface area contributed by atoms with Crippen molar-refractivity contribution in [3.63, 3.8) is 0 Å². The zero-order chi connectivity index (χ0) is 5.15.